The van der Waals surface area contributed by atoms with Crippen LogP contribution < -0.4 is 5.73 Å². The van der Waals surface area contributed by atoms with E-state index in [1.807, 2.05) is 37.1 Å². The SMILES string of the molecule is C=NN1C=C(C)C(N2CC[C@H](N)C2)=N/C1=C/C1CCCCN1C(=O)c1ccc(C)cc1O. The Bertz CT molecular complexity index is 998. The van der Waals surface area contributed by atoms with Crippen LogP contribution in [0, 0.1) is 6.92 Å². The van der Waals surface area contributed by atoms with Crippen LogP contribution >= 0.6 is 0 Å². The summed E-state index contributed by atoms with van der Waals surface area (Å²) in [7, 11) is 0. The first-order valence-corrected chi connectivity index (χ1v) is 11.2. The fraction of sp³-hybridized carbons (Fsp3) is 0.458. The Morgan fingerprint density at radius 3 is 2.78 bits per heavy atom. The molecule has 1 amide bonds. The maximum absolute atomic E-state index is 13.3. The van der Waals surface area contributed by atoms with Crippen LogP contribution in [0.15, 0.2) is 52.0 Å². The summed E-state index contributed by atoms with van der Waals surface area (Å²) in [5.74, 6) is 1.40. The molecule has 0 aromatic heterocycles. The topological polar surface area (TPSA) is 97.8 Å². The number of likely N-dealkylation sites (tertiary alicyclic amines) is 2. The highest BCUT2D eigenvalue weighted by Crippen LogP contribution is 2.28. The predicted octanol–water partition coefficient (Wildman–Crippen LogP) is 2.80. The molecule has 3 aliphatic rings. The number of nitrogens with zero attached hydrogens (tertiary/aromatic N) is 5. The lowest BCUT2D eigenvalue weighted by Gasteiger charge is -2.35. The van der Waals surface area contributed by atoms with Gasteiger partial charge in [-0.15, -0.1) is 0 Å². The van der Waals surface area contributed by atoms with Gasteiger partial charge >= 0.3 is 0 Å². The quantitative estimate of drug-likeness (QED) is 0.710. The molecule has 4 rings (SSSR count). The largest absolute Gasteiger partial charge is 0.507 e. The van der Waals surface area contributed by atoms with Crippen molar-refractivity contribution in [2.45, 2.75) is 51.6 Å². The number of nitrogens with two attached hydrogens (primary N) is 1. The van der Waals surface area contributed by atoms with Crippen molar-refractivity contribution in [3.05, 3.63) is 53.0 Å². The Labute approximate surface area is 189 Å². The highest BCUT2D eigenvalue weighted by Gasteiger charge is 2.31. The van der Waals surface area contributed by atoms with Gasteiger partial charge in [-0.2, -0.15) is 5.10 Å². The first-order valence-electron chi connectivity index (χ1n) is 11.2. The second kappa shape index (κ2) is 9.16. The van der Waals surface area contributed by atoms with Crippen molar-refractivity contribution >= 4 is 18.5 Å². The molecule has 0 spiro atoms. The van der Waals surface area contributed by atoms with Gasteiger partial charge in [-0.3, -0.25) is 4.79 Å². The number of carbonyl (C=O) groups excluding carboxylic acids is 1. The van der Waals surface area contributed by atoms with Gasteiger partial charge in [0.15, 0.2) is 5.82 Å². The Kier molecular flexibility index (Phi) is 6.32. The van der Waals surface area contributed by atoms with Crippen LogP contribution in [0.3, 0.4) is 0 Å². The maximum atomic E-state index is 13.3. The molecule has 2 fully saturated rings. The van der Waals surface area contributed by atoms with Gasteiger partial charge in [0.05, 0.1) is 11.6 Å². The van der Waals surface area contributed by atoms with Crippen LogP contribution in [0.1, 0.15) is 48.5 Å². The second-order valence-electron chi connectivity index (χ2n) is 8.84. The minimum Gasteiger partial charge on any atom is -0.507 e. The number of carbonyl (C=O) groups is 1. The summed E-state index contributed by atoms with van der Waals surface area (Å²) in [4.78, 5) is 22.3. The number of hydrogen-bond donors (Lipinski definition) is 2. The number of amidine groups is 1. The third-order valence-electron chi connectivity index (χ3n) is 6.34. The number of amides is 1. The van der Waals surface area contributed by atoms with Gasteiger partial charge in [-0.25, -0.2) is 10.0 Å². The van der Waals surface area contributed by atoms with Gasteiger partial charge in [0.1, 0.15) is 11.6 Å². The van der Waals surface area contributed by atoms with Gasteiger partial charge in [0.25, 0.3) is 5.91 Å². The van der Waals surface area contributed by atoms with E-state index in [1.165, 1.54) is 0 Å². The molecule has 8 heteroatoms. The standard InChI is InChI=1S/C24H32N6O2/c1-16-7-8-20(21(31)12-16)24(32)29-10-5-4-6-19(29)13-22-27-23(17(2)14-30(22)26-3)28-11-9-18(25)15-28/h7-8,12-14,18-19,31H,3-6,9-11,15,25H2,1-2H3/b22-13-/t18-,19?/m0/s1. The molecule has 3 aliphatic heterocycles. The fourth-order valence-corrected chi connectivity index (χ4v) is 4.61. The molecule has 8 nitrogen and oxygen atoms in total. The number of piperidine rings is 1. The molecule has 3 heterocycles. The van der Waals surface area contributed by atoms with Gasteiger partial charge < -0.3 is 20.6 Å². The molecule has 0 radical (unpaired) electrons. The molecule has 0 bridgehead atoms. The van der Waals surface area contributed by atoms with E-state index in [0.29, 0.717) is 17.9 Å². The molecule has 170 valence electrons. The van der Waals surface area contributed by atoms with Crippen LogP contribution in [0.2, 0.25) is 0 Å². The maximum Gasteiger partial charge on any atom is 0.258 e. The van der Waals surface area contributed by atoms with Crippen molar-refractivity contribution in [3.63, 3.8) is 0 Å². The summed E-state index contributed by atoms with van der Waals surface area (Å²) in [6.07, 6.45) is 7.64. The highest BCUT2D eigenvalue weighted by atomic mass is 16.3. The lowest BCUT2D eigenvalue weighted by molar-refractivity contribution is 0.0659. The van der Waals surface area contributed by atoms with Gasteiger partial charge in [0, 0.05) is 44.2 Å². The fourth-order valence-electron chi connectivity index (χ4n) is 4.61. The van der Waals surface area contributed by atoms with Crippen molar-refractivity contribution in [3.8, 4) is 5.75 Å². The average molecular weight is 437 g/mol. The molecule has 3 N–H and O–H groups in total. The number of phenolic OH excluding ortho intramolecular Hbond substituents is 1. The second-order valence-corrected chi connectivity index (χ2v) is 8.84. The summed E-state index contributed by atoms with van der Waals surface area (Å²) in [5.41, 5.74) is 8.36. The summed E-state index contributed by atoms with van der Waals surface area (Å²) >= 11 is 0. The molecular formula is C24H32N6O2. The zero-order chi connectivity index (χ0) is 22.8. The Hall–Kier alpha value is -3.13. The van der Waals surface area contributed by atoms with E-state index >= 15 is 0 Å². The number of aliphatic imine (C=N–C) groups is 1. The minimum atomic E-state index is -0.167. The van der Waals surface area contributed by atoms with Crippen LogP contribution in [0.4, 0.5) is 0 Å². The molecule has 0 aliphatic carbocycles. The molecular weight excluding hydrogens is 404 g/mol. The summed E-state index contributed by atoms with van der Waals surface area (Å²) in [5, 5.41) is 16.1. The number of benzene rings is 1. The van der Waals surface area contributed by atoms with E-state index in [-0.39, 0.29) is 23.7 Å². The molecule has 2 saturated heterocycles. The third kappa shape index (κ3) is 4.41. The summed E-state index contributed by atoms with van der Waals surface area (Å²) < 4.78 is 0. The smallest absolute Gasteiger partial charge is 0.258 e. The first-order chi connectivity index (χ1) is 15.4. The highest BCUT2D eigenvalue weighted by molar-refractivity contribution is 5.99. The zero-order valence-electron chi connectivity index (χ0n) is 18.9. The molecule has 1 aromatic carbocycles. The minimum absolute atomic E-state index is 0.0169. The third-order valence-corrected chi connectivity index (χ3v) is 6.34. The lowest BCUT2D eigenvalue weighted by atomic mass is 9.99. The number of hydrazone groups is 1. The Morgan fingerprint density at radius 2 is 2.09 bits per heavy atom. The first kappa shape index (κ1) is 22.1. The van der Waals surface area contributed by atoms with E-state index in [1.54, 1.807) is 17.1 Å². The number of aryl methyl sites for hydroxylation is 1. The monoisotopic (exact) mass is 436 g/mol. The zero-order valence-corrected chi connectivity index (χ0v) is 18.9. The Balaban J connectivity index is 1.64. The van der Waals surface area contributed by atoms with E-state index in [4.69, 9.17) is 10.7 Å². The van der Waals surface area contributed by atoms with Crippen LogP contribution in [0.5, 0.6) is 5.75 Å². The van der Waals surface area contributed by atoms with Crippen molar-refractivity contribution in [2.24, 2.45) is 15.8 Å². The number of aromatic hydroxyl groups is 1. The normalized spacial score (nSPS) is 25.1. The predicted molar refractivity (Wildman–Crippen MR) is 126 cm³/mol. The number of phenols is 1. The summed E-state index contributed by atoms with van der Waals surface area (Å²) in [6.45, 7) is 9.88. The van der Waals surface area contributed by atoms with Crippen LogP contribution in [-0.4, -0.2) is 70.1 Å². The average Bonchev–Trinajstić information content (AvgIpc) is 3.20. The molecule has 32 heavy (non-hydrogen) atoms. The number of hydrogen-bond acceptors (Lipinski definition) is 7. The van der Waals surface area contributed by atoms with Gasteiger partial charge in [-0.1, -0.05) is 6.07 Å². The van der Waals surface area contributed by atoms with Crippen molar-refractivity contribution < 1.29 is 9.90 Å². The van der Waals surface area contributed by atoms with Gasteiger partial charge in [0.2, 0.25) is 0 Å². The van der Waals surface area contributed by atoms with E-state index < -0.39 is 0 Å². The van der Waals surface area contributed by atoms with Crippen LogP contribution in [-0.2, 0) is 0 Å². The van der Waals surface area contributed by atoms with Crippen molar-refractivity contribution in [1.29, 1.82) is 0 Å². The number of rotatable bonds is 3. The van der Waals surface area contributed by atoms with E-state index in [0.717, 1.165) is 55.7 Å². The molecule has 1 aromatic rings. The van der Waals surface area contributed by atoms with Gasteiger partial charge in [-0.05, 0) is 63.3 Å². The Morgan fingerprint density at radius 1 is 1.28 bits per heavy atom. The van der Waals surface area contributed by atoms with E-state index in [2.05, 4.69) is 16.7 Å². The van der Waals surface area contributed by atoms with E-state index in [9.17, 15) is 9.90 Å². The molecule has 2 atom stereocenters. The van der Waals surface area contributed by atoms with Crippen molar-refractivity contribution in [1.82, 2.24) is 14.8 Å². The lowest BCUT2D eigenvalue weighted by Crippen LogP contribution is -2.43. The molecule has 1 unspecified atom stereocenters. The molecule has 0 saturated carbocycles. The van der Waals surface area contributed by atoms with Crippen LogP contribution in [0.25, 0.3) is 0 Å². The van der Waals surface area contributed by atoms with Crippen molar-refractivity contribution in [2.75, 3.05) is 19.6 Å². The summed E-state index contributed by atoms with van der Waals surface area (Å²) in [6, 6.07) is 5.18.